The maximum atomic E-state index is 13.4. The van der Waals surface area contributed by atoms with E-state index in [1.807, 2.05) is 19.1 Å². The highest BCUT2D eigenvalue weighted by molar-refractivity contribution is 9.10. The molecule has 3 rings (SSSR count). The van der Waals surface area contributed by atoms with E-state index in [0.717, 1.165) is 11.1 Å². The molecule has 0 aliphatic carbocycles. The summed E-state index contributed by atoms with van der Waals surface area (Å²) in [6.45, 7) is 1.88. The summed E-state index contributed by atoms with van der Waals surface area (Å²) in [7, 11) is 0. The lowest BCUT2D eigenvalue weighted by Gasteiger charge is -2.03. The highest BCUT2D eigenvalue weighted by Crippen LogP contribution is 2.28. The zero-order valence-electron chi connectivity index (χ0n) is 11.1. The van der Waals surface area contributed by atoms with Crippen molar-refractivity contribution >= 4 is 21.6 Å². The molecular weight excluding hydrogens is 337 g/mol. The van der Waals surface area contributed by atoms with Crippen LogP contribution in [0.2, 0.25) is 0 Å². The van der Waals surface area contributed by atoms with Gasteiger partial charge in [0.15, 0.2) is 0 Å². The first-order valence-corrected chi connectivity index (χ1v) is 6.99. The Bertz CT molecular complexity index is 796. The molecule has 0 fully saturated rings. The van der Waals surface area contributed by atoms with Crippen molar-refractivity contribution in [2.24, 2.45) is 0 Å². The first-order chi connectivity index (χ1) is 10.0. The minimum Gasteiger partial charge on any atom is -0.398 e. The van der Waals surface area contributed by atoms with Gasteiger partial charge >= 0.3 is 0 Å². The third-order valence-electron chi connectivity index (χ3n) is 3.15. The molecule has 0 unspecified atom stereocenters. The normalized spacial score (nSPS) is 10.8. The van der Waals surface area contributed by atoms with Gasteiger partial charge in [-0.05, 0) is 42.8 Å². The third kappa shape index (κ3) is 2.67. The van der Waals surface area contributed by atoms with Crippen LogP contribution in [0, 0.1) is 12.7 Å². The van der Waals surface area contributed by atoms with E-state index in [4.69, 9.17) is 10.3 Å². The van der Waals surface area contributed by atoms with Crippen LogP contribution in [0.5, 0.6) is 0 Å². The van der Waals surface area contributed by atoms with Gasteiger partial charge in [0.1, 0.15) is 5.82 Å². The fourth-order valence-electron chi connectivity index (χ4n) is 2.02. The van der Waals surface area contributed by atoms with E-state index in [9.17, 15) is 4.39 Å². The molecule has 1 heterocycles. The Morgan fingerprint density at radius 2 is 2.05 bits per heavy atom. The average molecular weight is 348 g/mol. The number of hydrogen-bond donors (Lipinski definition) is 1. The maximum absolute atomic E-state index is 13.4. The van der Waals surface area contributed by atoms with Crippen LogP contribution >= 0.6 is 15.9 Å². The van der Waals surface area contributed by atoms with Gasteiger partial charge < -0.3 is 10.3 Å². The monoisotopic (exact) mass is 347 g/mol. The first kappa shape index (κ1) is 13.8. The molecule has 21 heavy (non-hydrogen) atoms. The van der Waals surface area contributed by atoms with E-state index in [1.54, 1.807) is 12.1 Å². The number of hydrogen-bond acceptors (Lipinski definition) is 4. The van der Waals surface area contributed by atoms with Crippen LogP contribution < -0.4 is 5.73 Å². The molecule has 2 aromatic carbocycles. The molecule has 3 aromatic rings. The first-order valence-electron chi connectivity index (χ1n) is 6.20. The highest BCUT2D eigenvalue weighted by atomic mass is 79.9. The van der Waals surface area contributed by atoms with Gasteiger partial charge in [-0.3, -0.25) is 0 Å². The molecular formula is C15H11BrFN3O. The fraction of sp³-hybridized carbons (Fsp3) is 0.0667. The summed E-state index contributed by atoms with van der Waals surface area (Å²) >= 11 is 3.24. The Balaban J connectivity index is 2.06. The number of rotatable bonds is 2. The predicted molar refractivity (Wildman–Crippen MR) is 82.0 cm³/mol. The van der Waals surface area contributed by atoms with E-state index in [-0.39, 0.29) is 5.82 Å². The van der Waals surface area contributed by atoms with Gasteiger partial charge in [0.05, 0.1) is 0 Å². The highest BCUT2D eigenvalue weighted by Gasteiger charge is 2.14. The molecule has 0 aliphatic heterocycles. The van der Waals surface area contributed by atoms with E-state index >= 15 is 0 Å². The van der Waals surface area contributed by atoms with Crippen LogP contribution in [-0.2, 0) is 0 Å². The molecule has 0 saturated carbocycles. The molecule has 0 bridgehead atoms. The SMILES string of the molecule is Cc1c(N)cccc1-c1nc(-c2cc(F)cc(Br)c2)no1. The summed E-state index contributed by atoms with van der Waals surface area (Å²) in [5.74, 6) is 0.313. The van der Waals surface area contributed by atoms with Gasteiger partial charge in [-0.15, -0.1) is 0 Å². The summed E-state index contributed by atoms with van der Waals surface area (Å²) in [5, 5.41) is 3.90. The lowest BCUT2D eigenvalue weighted by molar-refractivity contribution is 0.432. The number of nitrogen functional groups attached to an aromatic ring is 1. The largest absolute Gasteiger partial charge is 0.398 e. The van der Waals surface area contributed by atoms with Crippen molar-refractivity contribution in [2.75, 3.05) is 5.73 Å². The average Bonchev–Trinajstić information content (AvgIpc) is 2.90. The van der Waals surface area contributed by atoms with Gasteiger partial charge in [-0.2, -0.15) is 4.98 Å². The van der Waals surface area contributed by atoms with Crippen LogP contribution in [0.4, 0.5) is 10.1 Å². The minimum atomic E-state index is -0.370. The number of aromatic nitrogens is 2. The van der Waals surface area contributed by atoms with Crippen molar-refractivity contribution in [3.8, 4) is 22.8 Å². The van der Waals surface area contributed by atoms with Crippen LogP contribution in [0.25, 0.3) is 22.8 Å². The molecule has 0 radical (unpaired) electrons. The summed E-state index contributed by atoms with van der Waals surface area (Å²) < 4.78 is 19.3. The van der Waals surface area contributed by atoms with E-state index in [2.05, 4.69) is 26.1 Å². The zero-order chi connectivity index (χ0) is 15.0. The molecule has 2 N–H and O–H groups in total. The number of nitrogens with zero attached hydrogens (tertiary/aromatic N) is 2. The summed E-state index contributed by atoms with van der Waals surface area (Å²) in [6, 6.07) is 9.92. The Morgan fingerprint density at radius 1 is 1.24 bits per heavy atom. The van der Waals surface area contributed by atoms with Crippen molar-refractivity contribution in [2.45, 2.75) is 6.92 Å². The summed E-state index contributed by atoms with van der Waals surface area (Å²) in [4.78, 5) is 4.31. The van der Waals surface area contributed by atoms with Crippen molar-refractivity contribution in [3.63, 3.8) is 0 Å². The fourth-order valence-corrected chi connectivity index (χ4v) is 2.48. The topological polar surface area (TPSA) is 64.9 Å². The molecule has 6 heteroatoms. The zero-order valence-corrected chi connectivity index (χ0v) is 12.7. The molecule has 106 valence electrons. The van der Waals surface area contributed by atoms with E-state index in [1.165, 1.54) is 12.1 Å². The van der Waals surface area contributed by atoms with Gasteiger partial charge in [0.25, 0.3) is 5.89 Å². The molecule has 0 saturated heterocycles. The Kier molecular flexibility index (Phi) is 3.47. The van der Waals surface area contributed by atoms with Crippen molar-refractivity contribution in [1.82, 2.24) is 10.1 Å². The summed E-state index contributed by atoms with van der Waals surface area (Å²) in [6.07, 6.45) is 0. The lowest BCUT2D eigenvalue weighted by atomic mass is 10.1. The van der Waals surface area contributed by atoms with Gasteiger partial charge in [0, 0.05) is 21.3 Å². The van der Waals surface area contributed by atoms with Crippen LogP contribution in [0.15, 0.2) is 45.4 Å². The maximum Gasteiger partial charge on any atom is 0.258 e. The molecule has 4 nitrogen and oxygen atoms in total. The number of halogens is 2. The number of nitrogens with two attached hydrogens (primary N) is 1. The second-order valence-electron chi connectivity index (χ2n) is 4.60. The second kappa shape index (κ2) is 5.29. The van der Waals surface area contributed by atoms with E-state index < -0.39 is 0 Å². The molecule has 0 aliphatic rings. The second-order valence-corrected chi connectivity index (χ2v) is 5.52. The van der Waals surface area contributed by atoms with E-state index in [0.29, 0.717) is 27.4 Å². The molecule has 0 spiro atoms. The van der Waals surface area contributed by atoms with Crippen LogP contribution in [0.1, 0.15) is 5.56 Å². The smallest absolute Gasteiger partial charge is 0.258 e. The Labute approximate surface area is 128 Å². The Hall–Kier alpha value is -2.21. The van der Waals surface area contributed by atoms with Crippen molar-refractivity contribution < 1.29 is 8.91 Å². The molecule has 0 amide bonds. The van der Waals surface area contributed by atoms with Crippen LogP contribution in [0.3, 0.4) is 0 Å². The van der Waals surface area contributed by atoms with Gasteiger partial charge in [0.2, 0.25) is 5.82 Å². The Morgan fingerprint density at radius 3 is 2.81 bits per heavy atom. The number of anilines is 1. The summed E-state index contributed by atoms with van der Waals surface area (Å²) in [5.41, 5.74) is 8.70. The quantitative estimate of drug-likeness (QED) is 0.705. The third-order valence-corrected chi connectivity index (χ3v) is 3.61. The molecule has 1 aromatic heterocycles. The van der Waals surface area contributed by atoms with Crippen LogP contribution in [-0.4, -0.2) is 10.1 Å². The number of benzene rings is 2. The van der Waals surface area contributed by atoms with Crippen molar-refractivity contribution in [1.29, 1.82) is 0 Å². The van der Waals surface area contributed by atoms with Gasteiger partial charge in [-0.1, -0.05) is 27.2 Å². The standard InChI is InChI=1S/C15H11BrFN3O/c1-8-12(3-2-4-13(8)18)15-19-14(20-21-15)9-5-10(16)7-11(17)6-9/h2-7H,18H2,1H3. The minimum absolute atomic E-state index is 0.326. The lowest BCUT2D eigenvalue weighted by Crippen LogP contribution is -1.92. The predicted octanol–water partition coefficient (Wildman–Crippen LogP) is 4.20. The van der Waals surface area contributed by atoms with Gasteiger partial charge in [-0.25, -0.2) is 4.39 Å². The molecule has 0 atom stereocenters. The van der Waals surface area contributed by atoms with Crippen molar-refractivity contribution in [3.05, 3.63) is 52.3 Å².